The normalized spacial score (nSPS) is 14.5. The molecule has 68 valence electrons. The van der Waals surface area contributed by atoms with E-state index in [0.717, 1.165) is 6.26 Å². The van der Waals surface area contributed by atoms with Crippen LogP contribution in [0.25, 0.3) is 0 Å². The highest BCUT2D eigenvalue weighted by molar-refractivity contribution is 7.88. The summed E-state index contributed by atoms with van der Waals surface area (Å²) in [4.78, 5) is 0. The van der Waals surface area contributed by atoms with Gasteiger partial charge < -0.3 is 4.42 Å². The summed E-state index contributed by atoms with van der Waals surface area (Å²) < 4.78 is 29.0. The van der Waals surface area contributed by atoms with Crippen LogP contribution in [0.4, 0.5) is 0 Å². The molecule has 0 aromatic carbocycles. The Bertz CT molecular complexity index is 328. The molecule has 0 aliphatic rings. The lowest BCUT2D eigenvalue weighted by atomic mass is 10.3. The fourth-order valence-corrected chi connectivity index (χ4v) is 1.68. The van der Waals surface area contributed by atoms with Crippen LogP contribution in [-0.4, -0.2) is 14.7 Å². The van der Waals surface area contributed by atoms with E-state index in [1.165, 1.54) is 6.26 Å². The Balaban J connectivity index is 2.68. The van der Waals surface area contributed by atoms with Gasteiger partial charge in [0.2, 0.25) is 10.0 Å². The quantitative estimate of drug-likeness (QED) is 0.768. The second kappa shape index (κ2) is 3.28. The van der Waals surface area contributed by atoms with Crippen molar-refractivity contribution < 1.29 is 12.8 Å². The largest absolute Gasteiger partial charge is 0.468 e. The second-order valence-corrected chi connectivity index (χ2v) is 4.41. The molecule has 0 unspecified atom stereocenters. The van der Waals surface area contributed by atoms with Gasteiger partial charge >= 0.3 is 0 Å². The zero-order valence-electron chi connectivity index (χ0n) is 6.94. The van der Waals surface area contributed by atoms with E-state index in [-0.39, 0.29) is 6.04 Å². The Hall–Kier alpha value is -0.810. The zero-order valence-corrected chi connectivity index (χ0v) is 7.76. The molecule has 0 aliphatic carbocycles. The third kappa shape index (κ3) is 2.67. The molecule has 0 saturated carbocycles. The molecule has 12 heavy (non-hydrogen) atoms. The van der Waals surface area contributed by atoms with Crippen molar-refractivity contribution in [3.8, 4) is 0 Å². The van der Waals surface area contributed by atoms with Crippen LogP contribution in [0.3, 0.4) is 0 Å². The highest BCUT2D eigenvalue weighted by atomic mass is 32.2. The average molecular weight is 189 g/mol. The Morgan fingerprint density at radius 1 is 1.58 bits per heavy atom. The molecule has 0 amide bonds. The van der Waals surface area contributed by atoms with E-state index in [4.69, 9.17) is 4.42 Å². The summed E-state index contributed by atoms with van der Waals surface area (Å²) in [5, 5.41) is 0. The SMILES string of the molecule is C[C@@H](NS(C)(=O)=O)c1ccco1. The molecule has 1 aromatic rings. The van der Waals surface area contributed by atoms with Crippen molar-refractivity contribution in [2.75, 3.05) is 6.26 Å². The number of nitrogens with one attached hydrogen (secondary N) is 1. The van der Waals surface area contributed by atoms with Crippen molar-refractivity contribution in [2.24, 2.45) is 0 Å². The Kier molecular flexibility index (Phi) is 2.54. The molecule has 0 saturated heterocycles. The summed E-state index contributed by atoms with van der Waals surface area (Å²) in [7, 11) is -3.16. The summed E-state index contributed by atoms with van der Waals surface area (Å²) in [6.07, 6.45) is 2.63. The molecule has 1 aromatic heterocycles. The van der Waals surface area contributed by atoms with E-state index in [1.54, 1.807) is 19.1 Å². The van der Waals surface area contributed by atoms with Gasteiger partial charge in [0.15, 0.2) is 0 Å². The van der Waals surface area contributed by atoms with E-state index < -0.39 is 10.0 Å². The average Bonchev–Trinajstić information content (AvgIpc) is 2.32. The summed E-state index contributed by atoms with van der Waals surface area (Å²) in [6.45, 7) is 1.72. The van der Waals surface area contributed by atoms with Crippen LogP contribution in [0, 0.1) is 0 Å². The van der Waals surface area contributed by atoms with Gasteiger partial charge in [-0.3, -0.25) is 0 Å². The molecular formula is C7H11NO3S. The van der Waals surface area contributed by atoms with E-state index in [9.17, 15) is 8.42 Å². The predicted octanol–water partition coefficient (Wildman–Crippen LogP) is 0.890. The Morgan fingerprint density at radius 2 is 2.25 bits per heavy atom. The van der Waals surface area contributed by atoms with E-state index in [2.05, 4.69) is 4.72 Å². The predicted molar refractivity (Wildman–Crippen MR) is 45.1 cm³/mol. The van der Waals surface area contributed by atoms with Gasteiger partial charge in [0.05, 0.1) is 18.6 Å². The third-order valence-electron chi connectivity index (χ3n) is 1.36. The van der Waals surface area contributed by atoms with Gasteiger partial charge in [0.25, 0.3) is 0 Å². The summed E-state index contributed by atoms with van der Waals surface area (Å²) in [6, 6.07) is 3.13. The fraction of sp³-hybridized carbons (Fsp3) is 0.429. The number of hydrogen-bond donors (Lipinski definition) is 1. The fourth-order valence-electron chi connectivity index (χ4n) is 0.917. The van der Waals surface area contributed by atoms with Crippen LogP contribution in [0.2, 0.25) is 0 Å². The molecule has 1 N–H and O–H groups in total. The van der Waals surface area contributed by atoms with Gasteiger partial charge in [-0.2, -0.15) is 0 Å². The molecule has 4 nitrogen and oxygen atoms in total. The second-order valence-electron chi connectivity index (χ2n) is 2.63. The van der Waals surface area contributed by atoms with Crippen LogP contribution < -0.4 is 4.72 Å². The van der Waals surface area contributed by atoms with Gasteiger partial charge in [-0.15, -0.1) is 0 Å². The van der Waals surface area contributed by atoms with Crippen LogP contribution in [0.5, 0.6) is 0 Å². The van der Waals surface area contributed by atoms with Gasteiger partial charge in [0.1, 0.15) is 5.76 Å². The lowest BCUT2D eigenvalue weighted by Crippen LogP contribution is -2.24. The molecule has 0 aliphatic heterocycles. The van der Waals surface area contributed by atoms with E-state index >= 15 is 0 Å². The van der Waals surface area contributed by atoms with Crippen LogP contribution in [0.15, 0.2) is 22.8 Å². The number of furan rings is 1. The first-order chi connectivity index (χ1) is 5.49. The van der Waals surface area contributed by atoms with Crippen molar-refractivity contribution in [3.05, 3.63) is 24.2 Å². The maximum Gasteiger partial charge on any atom is 0.209 e. The Labute approximate surface area is 71.6 Å². The highest BCUT2D eigenvalue weighted by Gasteiger charge is 2.12. The maximum absolute atomic E-state index is 10.8. The molecule has 1 rings (SSSR count). The molecule has 1 heterocycles. The van der Waals surface area contributed by atoms with Crippen molar-refractivity contribution in [1.29, 1.82) is 0 Å². The van der Waals surface area contributed by atoms with Crippen molar-refractivity contribution in [3.63, 3.8) is 0 Å². The molecule has 0 fully saturated rings. The van der Waals surface area contributed by atoms with Gasteiger partial charge in [-0.25, -0.2) is 13.1 Å². The number of sulfonamides is 1. The molecule has 0 radical (unpaired) electrons. The standard InChI is InChI=1S/C7H11NO3S/c1-6(8-12(2,9)10)7-4-3-5-11-7/h3-6,8H,1-2H3/t6-/m1/s1. The van der Waals surface area contributed by atoms with E-state index in [1.807, 2.05) is 0 Å². The van der Waals surface area contributed by atoms with Crippen LogP contribution >= 0.6 is 0 Å². The van der Waals surface area contributed by atoms with E-state index in [0.29, 0.717) is 5.76 Å². The van der Waals surface area contributed by atoms with Gasteiger partial charge in [-0.05, 0) is 19.1 Å². The monoisotopic (exact) mass is 189 g/mol. The summed E-state index contributed by atoms with van der Waals surface area (Å²) in [5.41, 5.74) is 0. The van der Waals surface area contributed by atoms with Gasteiger partial charge in [0, 0.05) is 0 Å². The summed E-state index contributed by atoms with van der Waals surface area (Å²) >= 11 is 0. The first kappa shape index (κ1) is 9.28. The highest BCUT2D eigenvalue weighted by Crippen LogP contribution is 2.12. The molecule has 1 atom stereocenters. The first-order valence-electron chi connectivity index (χ1n) is 3.50. The number of hydrogen-bond acceptors (Lipinski definition) is 3. The summed E-state index contributed by atoms with van der Waals surface area (Å²) in [5.74, 6) is 0.612. The molecule has 5 heteroatoms. The third-order valence-corrected chi connectivity index (χ3v) is 2.14. The maximum atomic E-state index is 10.8. The molecule has 0 spiro atoms. The van der Waals surface area contributed by atoms with Gasteiger partial charge in [-0.1, -0.05) is 0 Å². The first-order valence-corrected chi connectivity index (χ1v) is 5.39. The minimum atomic E-state index is -3.16. The lowest BCUT2D eigenvalue weighted by Gasteiger charge is -2.07. The minimum absolute atomic E-state index is 0.310. The zero-order chi connectivity index (χ0) is 9.19. The van der Waals surface area contributed by atoms with Crippen LogP contribution in [0.1, 0.15) is 18.7 Å². The molecule has 0 bridgehead atoms. The number of rotatable bonds is 3. The topological polar surface area (TPSA) is 59.3 Å². The molecular weight excluding hydrogens is 178 g/mol. The van der Waals surface area contributed by atoms with Crippen molar-refractivity contribution >= 4 is 10.0 Å². The Morgan fingerprint density at radius 3 is 2.67 bits per heavy atom. The van der Waals surface area contributed by atoms with Crippen molar-refractivity contribution in [2.45, 2.75) is 13.0 Å². The van der Waals surface area contributed by atoms with Crippen molar-refractivity contribution in [1.82, 2.24) is 4.72 Å². The van der Waals surface area contributed by atoms with Crippen LogP contribution in [-0.2, 0) is 10.0 Å². The lowest BCUT2D eigenvalue weighted by molar-refractivity contribution is 0.460. The smallest absolute Gasteiger partial charge is 0.209 e. The minimum Gasteiger partial charge on any atom is -0.468 e.